The standard InChI is InChI=1S/C31H30N2O3/c1-31(2,3)36-30(34)33(27-19-21-28(35-4)22-20-27)26-17-15-25(16-18-26)32-29(23-11-7-5-8-12-23)24-13-9-6-10-14-24/h5-22H,1-4H3. The van der Waals surface area contributed by atoms with Gasteiger partial charge in [0.1, 0.15) is 11.4 Å². The molecule has 0 heterocycles. The van der Waals surface area contributed by atoms with Crippen molar-refractivity contribution < 1.29 is 14.3 Å². The summed E-state index contributed by atoms with van der Waals surface area (Å²) in [6.45, 7) is 5.55. The van der Waals surface area contributed by atoms with Crippen molar-refractivity contribution in [3.8, 4) is 5.75 Å². The predicted molar refractivity (Wildman–Crippen MR) is 146 cm³/mol. The van der Waals surface area contributed by atoms with Gasteiger partial charge in [0.15, 0.2) is 0 Å². The van der Waals surface area contributed by atoms with E-state index < -0.39 is 11.7 Å². The van der Waals surface area contributed by atoms with Gasteiger partial charge in [0.05, 0.1) is 29.9 Å². The Labute approximate surface area is 212 Å². The van der Waals surface area contributed by atoms with Crippen LogP contribution in [0, 0.1) is 0 Å². The number of benzene rings is 4. The zero-order valence-corrected chi connectivity index (χ0v) is 21.0. The molecule has 4 aromatic carbocycles. The molecule has 0 unspecified atom stereocenters. The van der Waals surface area contributed by atoms with Crippen LogP contribution in [0.1, 0.15) is 31.9 Å². The summed E-state index contributed by atoms with van der Waals surface area (Å²) in [6, 6.07) is 35.1. The van der Waals surface area contributed by atoms with E-state index in [0.717, 1.165) is 22.5 Å². The fraction of sp³-hybridized carbons (Fsp3) is 0.161. The molecule has 0 fully saturated rings. The summed E-state index contributed by atoms with van der Waals surface area (Å²) >= 11 is 0. The number of rotatable bonds is 6. The number of ether oxygens (including phenoxy) is 2. The molecule has 4 rings (SSSR count). The van der Waals surface area contributed by atoms with Gasteiger partial charge >= 0.3 is 6.09 Å². The number of aliphatic imine (C=N–C) groups is 1. The first-order valence-electron chi connectivity index (χ1n) is 11.8. The van der Waals surface area contributed by atoms with Crippen molar-refractivity contribution in [3.05, 3.63) is 120 Å². The second-order valence-electron chi connectivity index (χ2n) is 9.22. The molecule has 0 aliphatic heterocycles. The molecule has 1 amide bonds. The van der Waals surface area contributed by atoms with Gasteiger partial charge in [-0.15, -0.1) is 0 Å². The van der Waals surface area contributed by atoms with E-state index in [2.05, 4.69) is 0 Å². The van der Waals surface area contributed by atoms with Gasteiger partial charge in [0.2, 0.25) is 0 Å². The zero-order chi connectivity index (χ0) is 25.5. The quantitative estimate of drug-likeness (QED) is 0.264. The molecule has 0 aliphatic rings. The molecule has 0 N–H and O–H groups in total. The number of methoxy groups -OCH3 is 1. The number of anilines is 2. The maximum atomic E-state index is 13.2. The summed E-state index contributed by atoms with van der Waals surface area (Å²) in [7, 11) is 1.61. The Balaban J connectivity index is 1.71. The largest absolute Gasteiger partial charge is 0.497 e. The molecule has 36 heavy (non-hydrogen) atoms. The second kappa shape index (κ2) is 10.9. The van der Waals surface area contributed by atoms with Crippen LogP contribution in [0.25, 0.3) is 0 Å². The number of amides is 1. The summed E-state index contributed by atoms with van der Waals surface area (Å²) in [5, 5.41) is 0. The highest BCUT2D eigenvalue weighted by molar-refractivity contribution is 6.14. The minimum absolute atomic E-state index is 0.460. The zero-order valence-electron chi connectivity index (χ0n) is 21.0. The van der Waals surface area contributed by atoms with Gasteiger partial charge in [-0.2, -0.15) is 0 Å². The number of hydrogen-bond donors (Lipinski definition) is 0. The van der Waals surface area contributed by atoms with Crippen LogP contribution in [-0.2, 0) is 4.74 Å². The predicted octanol–water partition coefficient (Wildman–Crippen LogP) is 7.94. The Kier molecular flexibility index (Phi) is 7.50. The Bertz CT molecular complexity index is 1270. The van der Waals surface area contributed by atoms with Crippen molar-refractivity contribution in [3.63, 3.8) is 0 Å². The van der Waals surface area contributed by atoms with E-state index in [-0.39, 0.29) is 0 Å². The average Bonchev–Trinajstić information content (AvgIpc) is 2.89. The SMILES string of the molecule is COc1ccc(N(C(=O)OC(C)(C)C)c2ccc(N=C(c3ccccc3)c3ccccc3)cc2)cc1. The molecule has 0 radical (unpaired) electrons. The maximum Gasteiger partial charge on any atom is 0.419 e. The Morgan fingerprint density at radius 1 is 0.694 bits per heavy atom. The molecule has 4 aromatic rings. The smallest absolute Gasteiger partial charge is 0.419 e. The van der Waals surface area contributed by atoms with Gasteiger partial charge in [0.25, 0.3) is 0 Å². The van der Waals surface area contributed by atoms with Crippen LogP contribution in [0.4, 0.5) is 21.9 Å². The first-order chi connectivity index (χ1) is 17.3. The molecule has 0 aromatic heterocycles. The first-order valence-corrected chi connectivity index (χ1v) is 11.8. The fourth-order valence-electron chi connectivity index (χ4n) is 3.69. The summed E-state index contributed by atoms with van der Waals surface area (Å²) < 4.78 is 11.0. The minimum atomic E-state index is -0.633. The summed E-state index contributed by atoms with van der Waals surface area (Å²) in [4.78, 5) is 19.7. The van der Waals surface area contributed by atoms with Gasteiger partial charge in [-0.05, 0) is 69.3 Å². The van der Waals surface area contributed by atoms with Crippen molar-refractivity contribution in [1.29, 1.82) is 0 Å². The van der Waals surface area contributed by atoms with Crippen LogP contribution >= 0.6 is 0 Å². The molecular formula is C31H30N2O3. The highest BCUT2D eigenvalue weighted by Crippen LogP contribution is 2.31. The van der Waals surface area contributed by atoms with E-state index in [1.54, 1.807) is 12.0 Å². The molecule has 182 valence electrons. The van der Waals surface area contributed by atoms with Crippen LogP contribution in [-0.4, -0.2) is 24.5 Å². The van der Waals surface area contributed by atoms with Gasteiger partial charge in [-0.3, -0.25) is 0 Å². The minimum Gasteiger partial charge on any atom is -0.497 e. The fourth-order valence-corrected chi connectivity index (χ4v) is 3.69. The summed E-state index contributed by atoms with van der Waals surface area (Å²) in [5.41, 5.74) is 4.43. The van der Waals surface area contributed by atoms with Gasteiger partial charge in [-0.25, -0.2) is 14.7 Å². The normalized spacial score (nSPS) is 10.9. The molecule has 0 aliphatic carbocycles. The number of nitrogens with zero attached hydrogens (tertiary/aromatic N) is 2. The molecule has 0 saturated heterocycles. The average molecular weight is 479 g/mol. The van der Waals surface area contributed by atoms with Crippen LogP contribution in [0.2, 0.25) is 0 Å². The monoisotopic (exact) mass is 478 g/mol. The topological polar surface area (TPSA) is 51.1 Å². The second-order valence-corrected chi connectivity index (χ2v) is 9.22. The molecule has 5 heteroatoms. The van der Waals surface area contributed by atoms with E-state index in [1.807, 2.05) is 130 Å². The van der Waals surface area contributed by atoms with E-state index in [9.17, 15) is 4.79 Å². The lowest BCUT2D eigenvalue weighted by Gasteiger charge is -2.27. The highest BCUT2D eigenvalue weighted by Gasteiger charge is 2.25. The van der Waals surface area contributed by atoms with Crippen molar-refractivity contribution >= 4 is 28.9 Å². The highest BCUT2D eigenvalue weighted by atomic mass is 16.6. The van der Waals surface area contributed by atoms with Crippen LogP contribution in [0.3, 0.4) is 0 Å². The maximum absolute atomic E-state index is 13.2. The molecule has 0 bridgehead atoms. The Morgan fingerprint density at radius 2 is 1.17 bits per heavy atom. The lowest BCUT2D eigenvalue weighted by Crippen LogP contribution is -2.33. The van der Waals surface area contributed by atoms with E-state index in [1.165, 1.54) is 0 Å². The number of carbonyl (C=O) groups is 1. The third-order valence-electron chi connectivity index (χ3n) is 5.35. The lowest BCUT2D eigenvalue weighted by atomic mass is 10.0. The molecule has 0 spiro atoms. The van der Waals surface area contributed by atoms with Crippen molar-refractivity contribution in [2.45, 2.75) is 26.4 Å². The van der Waals surface area contributed by atoms with Gasteiger partial charge < -0.3 is 9.47 Å². The Morgan fingerprint density at radius 3 is 1.61 bits per heavy atom. The van der Waals surface area contributed by atoms with Gasteiger partial charge in [-0.1, -0.05) is 60.7 Å². The molecule has 0 atom stereocenters. The van der Waals surface area contributed by atoms with Crippen LogP contribution in [0.5, 0.6) is 5.75 Å². The van der Waals surface area contributed by atoms with Crippen LogP contribution < -0.4 is 9.64 Å². The third-order valence-corrected chi connectivity index (χ3v) is 5.35. The van der Waals surface area contributed by atoms with E-state index in [0.29, 0.717) is 17.1 Å². The lowest BCUT2D eigenvalue weighted by molar-refractivity contribution is 0.0599. The third kappa shape index (κ3) is 6.19. The van der Waals surface area contributed by atoms with Crippen molar-refractivity contribution in [1.82, 2.24) is 0 Å². The van der Waals surface area contributed by atoms with Gasteiger partial charge in [0, 0.05) is 11.1 Å². The number of hydrogen-bond acceptors (Lipinski definition) is 4. The van der Waals surface area contributed by atoms with Crippen molar-refractivity contribution in [2.75, 3.05) is 12.0 Å². The summed E-state index contributed by atoms with van der Waals surface area (Å²) in [5.74, 6) is 0.710. The molecule has 5 nitrogen and oxygen atoms in total. The van der Waals surface area contributed by atoms with Crippen LogP contribution in [0.15, 0.2) is 114 Å². The first kappa shape index (κ1) is 24.7. The van der Waals surface area contributed by atoms with E-state index in [4.69, 9.17) is 14.5 Å². The van der Waals surface area contributed by atoms with E-state index >= 15 is 0 Å². The number of carbonyl (C=O) groups excluding carboxylic acids is 1. The van der Waals surface area contributed by atoms with Crippen molar-refractivity contribution in [2.24, 2.45) is 4.99 Å². The molecule has 0 saturated carbocycles. The summed E-state index contributed by atoms with van der Waals surface area (Å²) in [6.07, 6.45) is -0.460. The molecular weight excluding hydrogens is 448 g/mol. The Hall–Kier alpha value is -4.38.